The maximum atomic E-state index is 13.2. The average Bonchev–Trinajstić information content (AvgIpc) is 2.91. The molecule has 106 valence electrons. The fourth-order valence-corrected chi connectivity index (χ4v) is 2.51. The van der Waals surface area contributed by atoms with Crippen LogP contribution in [-0.4, -0.2) is 20.2 Å². The normalized spacial score (nSPS) is 10.8. The highest BCUT2D eigenvalue weighted by Crippen LogP contribution is 2.32. The summed E-state index contributed by atoms with van der Waals surface area (Å²) >= 11 is 9.48. The molecule has 2 aromatic carbocycles. The van der Waals surface area contributed by atoms with Crippen molar-refractivity contribution in [3.05, 3.63) is 51.7 Å². The molecule has 0 spiro atoms. The second-order valence-corrected chi connectivity index (χ2v) is 5.42. The summed E-state index contributed by atoms with van der Waals surface area (Å²) in [6, 6.07) is 9.38. The van der Waals surface area contributed by atoms with Gasteiger partial charge in [0, 0.05) is 11.3 Å². The van der Waals surface area contributed by atoms with Crippen LogP contribution in [0.1, 0.15) is 0 Å². The minimum atomic E-state index is -0.417. The molecule has 0 aliphatic rings. The smallest absolute Gasteiger partial charge is 0.189 e. The molecule has 3 aromatic rings. The summed E-state index contributed by atoms with van der Waals surface area (Å²) in [7, 11) is 0. The van der Waals surface area contributed by atoms with Gasteiger partial charge in [0.15, 0.2) is 5.82 Å². The Labute approximate surface area is 132 Å². The van der Waals surface area contributed by atoms with E-state index in [2.05, 4.69) is 31.5 Å². The van der Waals surface area contributed by atoms with Gasteiger partial charge in [0.05, 0.1) is 15.2 Å². The summed E-state index contributed by atoms with van der Waals surface area (Å²) < 4.78 is 15.3. The van der Waals surface area contributed by atoms with Crippen molar-refractivity contribution in [2.75, 3.05) is 5.73 Å². The van der Waals surface area contributed by atoms with Gasteiger partial charge in [-0.25, -0.2) is 4.39 Å². The Bertz CT molecular complexity index is 820. The van der Waals surface area contributed by atoms with Gasteiger partial charge in [-0.05, 0) is 56.7 Å². The van der Waals surface area contributed by atoms with Gasteiger partial charge in [0.2, 0.25) is 0 Å². The van der Waals surface area contributed by atoms with Crippen LogP contribution < -0.4 is 5.73 Å². The molecule has 0 saturated heterocycles. The Morgan fingerprint density at radius 1 is 1.24 bits per heavy atom. The van der Waals surface area contributed by atoms with Crippen molar-refractivity contribution in [2.24, 2.45) is 0 Å². The Morgan fingerprint density at radius 2 is 2.05 bits per heavy atom. The molecule has 0 atom stereocenters. The van der Waals surface area contributed by atoms with E-state index in [1.54, 1.807) is 18.2 Å². The number of nitrogen functional groups attached to an aromatic ring is 1. The van der Waals surface area contributed by atoms with Crippen molar-refractivity contribution in [1.82, 2.24) is 20.2 Å². The molecular formula is C13H8BrClFN5. The first-order valence-corrected chi connectivity index (χ1v) is 7.03. The first kappa shape index (κ1) is 14.0. The maximum Gasteiger partial charge on any atom is 0.189 e. The Morgan fingerprint density at radius 3 is 2.81 bits per heavy atom. The number of hydrogen-bond acceptors (Lipinski definition) is 4. The Kier molecular flexibility index (Phi) is 3.60. The van der Waals surface area contributed by atoms with Gasteiger partial charge in [-0.1, -0.05) is 17.7 Å². The van der Waals surface area contributed by atoms with Gasteiger partial charge >= 0.3 is 0 Å². The number of hydrogen-bond donors (Lipinski definition) is 1. The van der Waals surface area contributed by atoms with E-state index in [0.717, 1.165) is 0 Å². The molecule has 0 radical (unpaired) electrons. The Hall–Kier alpha value is -1.99. The number of nitrogens with zero attached hydrogens (tertiary/aromatic N) is 4. The topological polar surface area (TPSA) is 69.6 Å². The largest absolute Gasteiger partial charge is 0.398 e. The van der Waals surface area contributed by atoms with Gasteiger partial charge in [-0.2, -0.15) is 4.68 Å². The predicted molar refractivity (Wildman–Crippen MR) is 81.7 cm³/mol. The van der Waals surface area contributed by atoms with E-state index in [-0.39, 0.29) is 5.69 Å². The average molecular weight is 369 g/mol. The van der Waals surface area contributed by atoms with Crippen LogP contribution in [0.3, 0.4) is 0 Å². The van der Waals surface area contributed by atoms with Crippen LogP contribution in [-0.2, 0) is 0 Å². The van der Waals surface area contributed by atoms with Crippen LogP contribution >= 0.6 is 27.5 Å². The molecule has 0 aliphatic heterocycles. The van der Waals surface area contributed by atoms with Crippen molar-refractivity contribution < 1.29 is 4.39 Å². The second kappa shape index (κ2) is 5.42. The number of anilines is 1. The third-order valence-electron chi connectivity index (χ3n) is 2.88. The van der Waals surface area contributed by atoms with E-state index in [4.69, 9.17) is 17.3 Å². The number of rotatable bonds is 2. The van der Waals surface area contributed by atoms with Crippen molar-refractivity contribution in [1.29, 1.82) is 0 Å². The highest BCUT2D eigenvalue weighted by molar-refractivity contribution is 9.10. The zero-order chi connectivity index (χ0) is 15.0. The van der Waals surface area contributed by atoms with E-state index in [0.29, 0.717) is 26.6 Å². The first-order chi connectivity index (χ1) is 10.1. The number of tetrazole rings is 1. The summed E-state index contributed by atoms with van der Waals surface area (Å²) in [4.78, 5) is 0. The lowest BCUT2D eigenvalue weighted by Gasteiger charge is -2.09. The molecular weight excluding hydrogens is 361 g/mol. The van der Waals surface area contributed by atoms with E-state index in [9.17, 15) is 4.39 Å². The van der Waals surface area contributed by atoms with Gasteiger partial charge in [0.1, 0.15) is 5.82 Å². The minimum absolute atomic E-state index is 0.254. The van der Waals surface area contributed by atoms with Crippen molar-refractivity contribution in [2.45, 2.75) is 0 Å². The maximum absolute atomic E-state index is 13.2. The predicted octanol–water partition coefficient (Wildman–Crippen LogP) is 3.47. The lowest BCUT2D eigenvalue weighted by molar-refractivity contribution is 0.628. The van der Waals surface area contributed by atoms with Crippen LogP contribution in [0.15, 0.2) is 40.9 Å². The summed E-state index contributed by atoms with van der Waals surface area (Å²) in [6.07, 6.45) is 0. The zero-order valence-corrected chi connectivity index (χ0v) is 12.8. The molecule has 3 rings (SSSR count). The number of halogens is 3. The molecule has 5 nitrogen and oxygen atoms in total. The summed E-state index contributed by atoms with van der Waals surface area (Å²) in [5.74, 6) is -0.0188. The van der Waals surface area contributed by atoms with E-state index in [1.807, 2.05) is 0 Å². The molecule has 8 heteroatoms. The van der Waals surface area contributed by atoms with Crippen LogP contribution in [0.25, 0.3) is 17.1 Å². The molecule has 2 N–H and O–H groups in total. The number of aromatic nitrogens is 4. The lowest BCUT2D eigenvalue weighted by atomic mass is 10.1. The van der Waals surface area contributed by atoms with Gasteiger partial charge in [0.25, 0.3) is 0 Å². The van der Waals surface area contributed by atoms with Gasteiger partial charge in [-0.3, -0.25) is 0 Å². The monoisotopic (exact) mass is 367 g/mol. The van der Waals surface area contributed by atoms with E-state index < -0.39 is 5.82 Å². The summed E-state index contributed by atoms with van der Waals surface area (Å²) in [6.45, 7) is 0. The molecule has 1 heterocycles. The fourth-order valence-electron chi connectivity index (χ4n) is 1.91. The van der Waals surface area contributed by atoms with Crippen molar-refractivity contribution in [3.63, 3.8) is 0 Å². The molecule has 0 fully saturated rings. The minimum Gasteiger partial charge on any atom is -0.398 e. The molecule has 1 aromatic heterocycles. The van der Waals surface area contributed by atoms with Crippen LogP contribution in [0.2, 0.25) is 5.02 Å². The third kappa shape index (κ3) is 2.50. The molecule has 21 heavy (non-hydrogen) atoms. The van der Waals surface area contributed by atoms with Crippen molar-refractivity contribution in [3.8, 4) is 17.1 Å². The van der Waals surface area contributed by atoms with Gasteiger partial charge in [-0.15, -0.1) is 5.10 Å². The third-order valence-corrected chi connectivity index (χ3v) is 4.26. The van der Waals surface area contributed by atoms with Gasteiger partial charge < -0.3 is 5.73 Å². The highest BCUT2D eigenvalue weighted by Gasteiger charge is 2.16. The molecule has 0 amide bonds. The lowest BCUT2D eigenvalue weighted by Crippen LogP contribution is -2.03. The highest BCUT2D eigenvalue weighted by atomic mass is 79.9. The van der Waals surface area contributed by atoms with E-state index >= 15 is 0 Å². The van der Waals surface area contributed by atoms with Crippen LogP contribution in [0.5, 0.6) is 0 Å². The van der Waals surface area contributed by atoms with Crippen molar-refractivity contribution >= 4 is 33.2 Å². The summed E-state index contributed by atoms with van der Waals surface area (Å²) in [5.41, 5.74) is 7.29. The molecule has 0 aliphatic carbocycles. The fraction of sp³-hybridized carbons (Fsp3) is 0. The summed E-state index contributed by atoms with van der Waals surface area (Å²) in [5, 5.41) is 12.1. The molecule has 0 saturated carbocycles. The Balaban J connectivity index is 2.20. The number of benzene rings is 2. The van der Waals surface area contributed by atoms with Crippen LogP contribution in [0, 0.1) is 5.82 Å². The van der Waals surface area contributed by atoms with E-state index in [1.165, 1.54) is 22.9 Å². The molecule has 0 bridgehead atoms. The molecule has 0 unspecified atom stereocenters. The van der Waals surface area contributed by atoms with Crippen LogP contribution in [0.4, 0.5) is 10.1 Å². The zero-order valence-electron chi connectivity index (χ0n) is 10.5. The quantitative estimate of drug-likeness (QED) is 0.703. The number of nitrogens with two attached hydrogens (primary N) is 1. The SMILES string of the molecule is Nc1cc(F)ccc1-c1nnnn1-c1cccc(Cl)c1Br. The standard InChI is InChI=1S/C13H8BrClFN5/c14-12-9(15)2-1-3-11(12)21-13(18-19-20-21)8-5-4-7(16)6-10(8)17/h1-6H,17H2. The first-order valence-electron chi connectivity index (χ1n) is 5.86. The second-order valence-electron chi connectivity index (χ2n) is 4.22.